The summed E-state index contributed by atoms with van der Waals surface area (Å²) in [4.78, 5) is 37.8. The number of hydrazine groups is 1. The van der Waals surface area contributed by atoms with Crippen LogP contribution in [0.25, 0.3) is 17.0 Å². The Morgan fingerprint density at radius 1 is 1.20 bits per heavy atom. The Morgan fingerprint density at radius 2 is 1.97 bits per heavy atom. The van der Waals surface area contributed by atoms with Crippen molar-refractivity contribution in [1.29, 1.82) is 0 Å². The van der Waals surface area contributed by atoms with Gasteiger partial charge in [0.25, 0.3) is 11.8 Å². The van der Waals surface area contributed by atoms with E-state index in [1.54, 1.807) is 42.5 Å². The van der Waals surface area contributed by atoms with Crippen LogP contribution in [0.4, 0.5) is 0 Å². The molecule has 2 amide bonds. The van der Waals surface area contributed by atoms with Gasteiger partial charge in [0.2, 0.25) is 0 Å². The molecule has 1 N–H and O–H groups in total. The summed E-state index contributed by atoms with van der Waals surface area (Å²) in [5.74, 6) is -1.11. The zero-order valence-electron chi connectivity index (χ0n) is 15.5. The number of amides is 2. The van der Waals surface area contributed by atoms with Gasteiger partial charge in [-0.3, -0.25) is 15.0 Å². The molecule has 1 fully saturated rings. The molecule has 4 rings (SSSR count). The number of rotatable bonds is 3. The average molecular weight is 457 g/mol. The molecule has 0 saturated carbocycles. The summed E-state index contributed by atoms with van der Waals surface area (Å²) >= 11 is 12.3. The summed E-state index contributed by atoms with van der Waals surface area (Å²) in [6.07, 6.45) is 1.41. The Balaban J connectivity index is 1.60. The highest BCUT2D eigenvalue weighted by molar-refractivity contribution is 8.26. The topological polar surface area (TPSA) is 79.6 Å². The van der Waals surface area contributed by atoms with E-state index in [2.05, 4.69) is 5.43 Å². The minimum absolute atomic E-state index is 0.132. The number of fused-ring (bicyclic) bond motifs is 1. The molecule has 0 unspecified atom stereocenters. The maximum absolute atomic E-state index is 12.8. The highest BCUT2D eigenvalue weighted by atomic mass is 35.5. The molecule has 1 aromatic heterocycles. The van der Waals surface area contributed by atoms with Crippen LogP contribution >= 0.6 is 35.6 Å². The molecule has 3 aromatic rings. The summed E-state index contributed by atoms with van der Waals surface area (Å²) in [7, 11) is 0. The number of hydrogen-bond acceptors (Lipinski definition) is 6. The molecule has 0 spiro atoms. The van der Waals surface area contributed by atoms with Gasteiger partial charge < -0.3 is 4.42 Å². The first kappa shape index (κ1) is 20.3. The van der Waals surface area contributed by atoms with Gasteiger partial charge in [-0.1, -0.05) is 47.6 Å². The van der Waals surface area contributed by atoms with Crippen LogP contribution in [0.3, 0.4) is 0 Å². The van der Waals surface area contributed by atoms with Crippen molar-refractivity contribution in [1.82, 2.24) is 10.4 Å². The zero-order valence-corrected chi connectivity index (χ0v) is 17.9. The molecule has 1 aliphatic rings. The fraction of sp³-hybridized carbons (Fsp3) is 0.0476. The first-order chi connectivity index (χ1) is 14.3. The second-order valence-corrected chi connectivity index (χ2v) is 8.55. The number of hydrogen-bond donors (Lipinski definition) is 1. The SMILES string of the molecule is Cc1ccc(C(=O)NN2C(=O)/C(=C\c3cc4ccccc4oc3=O)SC2=S)c(Cl)c1. The number of thioether (sulfide) groups is 1. The highest BCUT2D eigenvalue weighted by Crippen LogP contribution is 2.31. The largest absolute Gasteiger partial charge is 0.422 e. The molecule has 1 aliphatic heterocycles. The zero-order chi connectivity index (χ0) is 21.4. The van der Waals surface area contributed by atoms with Gasteiger partial charge in [0.15, 0.2) is 4.32 Å². The predicted molar refractivity (Wildman–Crippen MR) is 121 cm³/mol. The van der Waals surface area contributed by atoms with Crippen molar-refractivity contribution in [3.8, 4) is 0 Å². The second kappa shape index (κ2) is 8.06. The summed E-state index contributed by atoms with van der Waals surface area (Å²) < 4.78 is 5.42. The third-order valence-corrected chi connectivity index (χ3v) is 5.95. The lowest BCUT2D eigenvalue weighted by Gasteiger charge is -2.16. The van der Waals surface area contributed by atoms with E-state index in [0.29, 0.717) is 5.58 Å². The summed E-state index contributed by atoms with van der Waals surface area (Å²) in [6, 6.07) is 13.7. The standard InChI is InChI=1S/C21H13ClN2O4S2/c1-11-6-7-14(15(22)8-11)18(25)23-24-19(26)17(30-21(24)29)10-13-9-12-4-2-3-5-16(12)28-20(13)27/h2-10H,1H3,(H,23,25)/b17-10+. The molecule has 6 nitrogen and oxygen atoms in total. The fourth-order valence-electron chi connectivity index (χ4n) is 2.85. The van der Waals surface area contributed by atoms with E-state index in [9.17, 15) is 14.4 Å². The molecule has 0 bridgehead atoms. The van der Waals surface area contributed by atoms with Gasteiger partial charge >= 0.3 is 5.63 Å². The van der Waals surface area contributed by atoms with E-state index < -0.39 is 17.4 Å². The summed E-state index contributed by atoms with van der Waals surface area (Å²) in [5, 5.41) is 1.95. The predicted octanol–water partition coefficient (Wildman–Crippen LogP) is 4.30. The smallest absolute Gasteiger partial charge is 0.343 e. The van der Waals surface area contributed by atoms with E-state index in [1.165, 1.54) is 6.08 Å². The molecule has 0 radical (unpaired) electrons. The summed E-state index contributed by atoms with van der Waals surface area (Å²) in [5.41, 5.74) is 3.68. The van der Waals surface area contributed by atoms with E-state index >= 15 is 0 Å². The van der Waals surface area contributed by atoms with Crippen LogP contribution in [-0.2, 0) is 4.79 Å². The number of carbonyl (C=O) groups is 2. The maximum Gasteiger partial charge on any atom is 0.343 e. The van der Waals surface area contributed by atoms with Crippen LogP contribution in [0.5, 0.6) is 0 Å². The second-order valence-electron chi connectivity index (χ2n) is 6.47. The Morgan fingerprint density at radius 3 is 2.73 bits per heavy atom. The van der Waals surface area contributed by atoms with Crippen molar-refractivity contribution in [3.05, 3.63) is 85.6 Å². The first-order valence-electron chi connectivity index (χ1n) is 8.71. The van der Waals surface area contributed by atoms with Crippen LogP contribution in [0.15, 0.2) is 62.6 Å². The van der Waals surface area contributed by atoms with Crippen LogP contribution in [-0.4, -0.2) is 21.1 Å². The average Bonchev–Trinajstić information content (AvgIpc) is 2.96. The lowest BCUT2D eigenvalue weighted by atomic mass is 10.1. The van der Waals surface area contributed by atoms with Crippen LogP contribution in [0.2, 0.25) is 5.02 Å². The molecule has 2 heterocycles. The van der Waals surface area contributed by atoms with Crippen LogP contribution in [0, 0.1) is 6.92 Å². The van der Waals surface area contributed by atoms with E-state index in [4.69, 9.17) is 28.2 Å². The number of thiocarbonyl (C=S) groups is 1. The molecular formula is C21H13ClN2O4S2. The normalized spacial score (nSPS) is 15.3. The quantitative estimate of drug-likeness (QED) is 0.359. The Hall–Kier alpha value is -2.94. The molecule has 1 saturated heterocycles. The molecule has 0 aliphatic carbocycles. The molecular weight excluding hydrogens is 444 g/mol. The minimum atomic E-state index is -0.575. The number of carbonyl (C=O) groups excluding carboxylic acids is 2. The van der Waals surface area contributed by atoms with Crippen molar-refractivity contribution in [2.45, 2.75) is 6.92 Å². The minimum Gasteiger partial charge on any atom is -0.422 e. The molecule has 30 heavy (non-hydrogen) atoms. The van der Waals surface area contributed by atoms with Crippen molar-refractivity contribution in [2.75, 3.05) is 0 Å². The lowest BCUT2D eigenvalue weighted by molar-refractivity contribution is -0.123. The van der Waals surface area contributed by atoms with Crippen molar-refractivity contribution >= 4 is 68.8 Å². The van der Waals surface area contributed by atoms with Gasteiger partial charge in [-0.05, 0) is 55.0 Å². The van der Waals surface area contributed by atoms with Gasteiger partial charge in [-0.25, -0.2) is 4.79 Å². The monoisotopic (exact) mass is 456 g/mol. The number of aryl methyl sites for hydroxylation is 1. The molecule has 150 valence electrons. The molecule has 0 atom stereocenters. The van der Waals surface area contributed by atoms with Gasteiger partial charge in [0, 0.05) is 5.39 Å². The van der Waals surface area contributed by atoms with Crippen LogP contribution < -0.4 is 11.1 Å². The Labute approximate surface area is 185 Å². The number of nitrogens with one attached hydrogen (secondary N) is 1. The maximum atomic E-state index is 12.8. The van der Waals surface area contributed by atoms with Crippen molar-refractivity contribution < 1.29 is 14.0 Å². The number of para-hydroxylation sites is 1. The fourth-order valence-corrected chi connectivity index (χ4v) is 4.34. The van der Waals surface area contributed by atoms with Gasteiger partial charge in [-0.15, -0.1) is 0 Å². The highest BCUT2D eigenvalue weighted by Gasteiger charge is 2.34. The Kier molecular flexibility index (Phi) is 5.46. The van der Waals surface area contributed by atoms with Gasteiger partial charge in [-0.2, -0.15) is 5.01 Å². The van der Waals surface area contributed by atoms with Crippen molar-refractivity contribution in [2.24, 2.45) is 0 Å². The van der Waals surface area contributed by atoms with Gasteiger partial charge in [0.1, 0.15) is 5.58 Å². The van der Waals surface area contributed by atoms with E-state index in [1.807, 2.05) is 13.0 Å². The van der Waals surface area contributed by atoms with Gasteiger partial charge in [0.05, 0.1) is 21.1 Å². The van der Waals surface area contributed by atoms with E-state index in [-0.39, 0.29) is 25.4 Å². The number of nitrogens with zero attached hydrogens (tertiary/aromatic N) is 1. The third-order valence-electron chi connectivity index (χ3n) is 4.33. The van der Waals surface area contributed by atoms with Crippen LogP contribution in [0.1, 0.15) is 21.5 Å². The first-order valence-corrected chi connectivity index (χ1v) is 10.3. The number of halogens is 1. The van der Waals surface area contributed by atoms with E-state index in [0.717, 1.165) is 27.7 Å². The number of benzene rings is 2. The molecule has 2 aromatic carbocycles. The van der Waals surface area contributed by atoms with Crippen molar-refractivity contribution in [3.63, 3.8) is 0 Å². The Bertz CT molecular complexity index is 1320. The third kappa shape index (κ3) is 3.89. The summed E-state index contributed by atoms with van der Waals surface area (Å²) in [6.45, 7) is 1.85. The lowest BCUT2D eigenvalue weighted by Crippen LogP contribution is -2.44. The molecule has 9 heteroatoms.